The van der Waals surface area contributed by atoms with E-state index < -0.39 is 5.41 Å². The number of nitrogens with zero attached hydrogens (tertiary/aromatic N) is 1. The molecule has 0 unspecified atom stereocenters. The molecule has 0 spiro atoms. The van der Waals surface area contributed by atoms with E-state index in [2.05, 4.69) is 5.32 Å². The van der Waals surface area contributed by atoms with E-state index in [1.807, 2.05) is 56.9 Å². The van der Waals surface area contributed by atoms with Crippen LogP contribution >= 0.6 is 0 Å². The number of hydrogen-bond donors (Lipinski definition) is 1. The van der Waals surface area contributed by atoms with E-state index in [-0.39, 0.29) is 23.8 Å². The van der Waals surface area contributed by atoms with Gasteiger partial charge in [0.2, 0.25) is 11.8 Å². The van der Waals surface area contributed by atoms with Crippen LogP contribution in [0, 0.1) is 11.3 Å². The summed E-state index contributed by atoms with van der Waals surface area (Å²) in [6, 6.07) is 7.71. The number of amides is 2. The Morgan fingerprint density at radius 3 is 2.68 bits per heavy atom. The molecule has 5 heteroatoms. The third-order valence-corrected chi connectivity index (χ3v) is 4.70. The zero-order valence-electron chi connectivity index (χ0n) is 16.0. The van der Waals surface area contributed by atoms with Gasteiger partial charge >= 0.3 is 0 Å². The summed E-state index contributed by atoms with van der Waals surface area (Å²) < 4.78 is 5.33. The summed E-state index contributed by atoms with van der Waals surface area (Å²) in [5.41, 5.74) is 1.38. The Morgan fingerprint density at radius 2 is 2.04 bits per heavy atom. The maximum Gasteiger partial charge on any atom is 0.229 e. The average molecular weight is 346 g/mol. The monoisotopic (exact) mass is 346 g/mol. The average Bonchev–Trinajstić information content (AvgIpc) is 2.59. The van der Waals surface area contributed by atoms with Gasteiger partial charge in [-0.15, -0.1) is 0 Å². The maximum absolute atomic E-state index is 12.7. The summed E-state index contributed by atoms with van der Waals surface area (Å²) in [7, 11) is 1.67. The molecule has 0 aliphatic carbocycles. The molecule has 0 aromatic heterocycles. The SMILES string of the molecule is CO[C@@H](C)c1cccc(NC(=O)[C@H]2CCCN(C(=O)C(C)(C)C)C2)c1. The van der Waals surface area contributed by atoms with Gasteiger partial charge in [0.05, 0.1) is 12.0 Å². The fraction of sp³-hybridized carbons (Fsp3) is 0.600. The van der Waals surface area contributed by atoms with Crippen LogP contribution < -0.4 is 5.32 Å². The van der Waals surface area contributed by atoms with E-state index in [9.17, 15) is 9.59 Å². The van der Waals surface area contributed by atoms with E-state index in [4.69, 9.17) is 4.74 Å². The summed E-state index contributed by atoms with van der Waals surface area (Å²) >= 11 is 0. The van der Waals surface area contributed by atoms with Crippen LogP contribution in [0.3, 0.4) is 0 Å². The van der Waals surface area contributed by atoms with Crippen LogP contribution in [-0.2, 0) is 14.3 Å². The van der Waals surface area contributed by atoms with Crippen molar-refractivity contribution in [1.82, 2.24) is 4.90 Å². The Morgan fingerprint density at radius 1 is 1.32 bits per heavy atom. The van der Waals surface area contributed by atoms with Crippen LogP contribution in [0.1, 0.15) is 52.2 Å². The molecule has 0 bridgehead atoms. The fourth-order valence-corrected chi connectivity index (χ4v) is 3.10. The molecule has 1 saturated heterocycles. The molecular formula is C20H30N2O3. The molecule has 0 saturated carbocycles. The molecule has 1 aromatic carbocycles. The summed E-state index contributed by atoms with van der Waals surface area (Å²) in [6.45, 7) is 8.96. The second-order valence-electron chi connectivity index (χ2n) is 7.83. The van der Waals surface area contributed by atoms with Crippen LogP contribution in [0.5, 0.6) is 0 Å². The number of benzene rings is 1. The first-order valence-electron chi connectivity index (χ1n) is 8.95. The van der Waals surface area contributed by atoms with Gasteiger partial charge in [0.15, 0.2) is 0 Å². The zero-order valence-corrected chi connectivity index (χ0v) is 16.0. The minimum absolute atomic E-state index is 0.0198. The molecule has 138 valence electrons. The zero-order chi connectivity index (χ0) is 18.6. The van der Waals surface area contributed by atoms with Crippen LogP contribution in [-0.4, -0.2) is 36.9 Å². The molecule has 1 fully saturated rings. The van der Waals surface area contributed by atoms with E-state index in [0.29, 0.717) is 6.54 Å². The van der Waals surface area contributed by atoms with Gasteiger partial charge in [0.25, 0.3) is 0 Å². The van der Waals surface area contributed by atoms with Crippen LogP contribution in [0.15, 0.2) is 24.3 Å². The van der Waals surface area contributed by atoms with Gasteiger partial charge in [-0.25, -0.2) is 0 Å². The number of carbonyl (C=O) groups is 2. The third-order valence-electron chi connectivity index (χ3n) is 4.70. The highest BCUT2D eigenvalue weighted by molar-refractivity contribution is 5.93. The highest BCUT2D eigenvalue weighted by atomic mass is 16.5. The predicted octanol–water partition coefficient (Wildman–Crippen LogP) is 3.62. The number of piperidine rings is 1. The molecule has 1 aliphatic rings. The number of nitrogens with one attached hydrogen (secondary N) is 1. The number of likely N-dealkylation sites (tertiary alicyclic amines) is 1. The van der Waals surface area contributed by atoms with Crippen LogP contribution in [0.25, 0.3) is 0 Å². The van der Waals surface area contributed by atoms with Crippen molar-refractivity contribution in [2.24, 2.45) is 11.3 Å². The number of rotatable bonds is 4. The van der Waals surface area contributed by atoms with E-state index in [1.165, 1.54) is 0 Å². The molecule has 1 aliphatic heterocycles. The Bertz CT molecular complexity index is 622. The Hall–Kier alpha value is -1.88. The quantitative estimate of drug-likeness (QED) is 0.906. The first kappa shape index (κ1) is 19.4. The lowest BCUT2D eigenvalue weighted by Crippen LogP contribution is -2.47. The second-order valence-corrected chi connectivity index (χ2v) is 7.83. The van der Waals surface area contributed by atoms with Crippen molar-refractivity contribution in [3.63, 3.8) is 0 Å². The van der Waals surface area contributed by atoms with Gasteiger partial charge in [0, 0.05) is 31.3 Å². The fourth-order valence-electron chi connectivity index (χ4n) is 3.10. The number of ether oxygens (including phenoxy) is 1. The Labute approximate surface area is 150 Å². The van der Waals surface area contributed by atoms with Gasteiger partial charge in [-0.3, -0.25) is 9.59 Å². The molecule has 2 rings (SSSR count). The van der Waals surface area contributed by atoms with Crippen molar-refractivity contribution in [2.75, 3.05) is 25.5 Å². The molecular weight excluding hydrogens is 316 g/mol. The number of anilines is 1. The lowest BCUT2D eigenvalue weighted by molar-refractivity contribution is -0.142. The molecule has 5 nitrogen and oxygen atoms in total. The molecule has 25 heavy (non-hydrogen) atoms. The highest BCUT2D eigenvalue weighted by Crippen LogP contribution is 2.25. The Kier molecular flexibility index (Phi) is 6.22. The van der Waals surface area contributed by atoms with Crippen molar-refractivity contribution in [2.45, 2.75) is 46.6 Å². The summed E-state index contributed by atoms with van der Waals surface area (Å²) in [4.78, 5) is 27.0. The lowest BCUT2D eigenvalue weighted by atomic mass is 9.91. The van der Waals surface area contributed by atoms with Crippen molar-refractivity contribution in [3.8, 4) is 0 Å². The van der Waals surface area contributed by atoms with Crippen molar-refractivity contribution in [3.05, 3.63) is 29.8 Å². The minimum atomic E-state index is -0.414. The second kappa shape index (κ2) is 8.00. The van der Waals surface area contributed by atoms with E-state index >= 15 is 0 Å². The summed E-state index contributed by atoms with van der Waals surface area (Å²) in [5.74, 6) is -0.0712. The van der Waals surface area contributed by atoms with Gasteiger partial charge in [-0.1, -0.05) is 32.9 Å². The Balaban J connectivity index is 2.02. The van der Waals surface area contributed by atoms with Gasteiger partial charge < -0.3 is 15.0 Å². The van der Waals surface area contributed by atoms with E-state index in [1.54, 1.807) is 7.11 Å². The van der Waals surface area contributed by atoms with E-state index in [0.717, 1.165) is 30.6 Å². The van der Waals surface area contributed by atoms with Crippen LogP contribution in [0.2, 0.25) is 0 Å². The first-order valence-corrected chi connectivity index (χ1v) is 8.95. The predicted molar refractivity (Wildman–Crippen MR) is 99.3 cm³/mol. The first-order chi connectivity index (χ1) is 11.7. The van der Waals surface area contributed by atoms with Crippen LogP contribution in [0.4, 0.5) is 5.69 Å². The maximum atomic E-state index is 12.7. The molecule has 2 amide bonds. The summed E-state index contributed by atoms with van der Waals surface area (Å²) in [6.07, 6.45) is 1.65. The van der Waals surface area contributed by atoms with Crippen molar-refractivity contribution < 1.29 is 14.3 Å². The summed E-state index contributed by atoms with van der Waals surface area (Å²) in [5, 5.41) is 3.00. The third kappa shape index (κ3) is 5.05. The molecule has 1 N–H and O–H groups in total. The normalized spacial score (nSPS) is 19.4. The molecule has 1 aromatic rings. The molecule has 1 heterocycles. The lowest BCUT2D eigenvalue weighted by Gasteiger charge is -2.35. The smallest absolute Gasteiger partial charge is 0.229 e. The van der Waals surface area contributed by atoms with Gasteiger partial charge in [0.1, 0.15) is 0 Å². The highest BCUT2D eigenvalue weighted by Gasteiger charge is 2.33. The largest absolute Gasteiger partial charge is 0.377 e. The van der Waals surface area contributed by atoms with Crippen molar-refractivity contribution in [1.29, 1.82) is 0 Å². The number of hydrogen-bond acceptors (Lipinski definition) is 3. The minimum Gasteiger partial charge on any atom is -0.377 e. The topological polar surface area (TPSA) is 58.6 Å². The number of carbonyl (C=O) groups excluding carboxylic acids is 2. The standard InChI is InChI=1S/C20H30N2O3/c1-14(25-5)15-8-6-10-17(12-15)21-18(23)16-9-7-11-22(13-16)19(24)20(2,3)4/h6,8,10,12,14,16H,7,9,11,13H2,1-5H3,(H,21,23)/t14-,16-/m0/s1. The van der Waals surface area contributed by atoms with Gasteiger partial charge in [-0.2, -0.15) is 0 Å². The number of methoxy groups -OCH3 is 1. The van der Waals surface area contributed by atoms with Gasteiger partial charge in [-0.05, 0) is 37.5 Å². The van der Waals surface area contributed by atoms with Crippen molar-refractivity contribution >= 4 is 17.5 Å². The molecule has 2 atom stereocenters. The molecule has 0 radical (unpaired) electrons.